The van der Waals surface area contributed by atoms with E-state index in [1.165, 1.54) is 22.4 Å². The molecule has 2 aromatic carbocycles. The Morgan fingerprint density at radius 3 is 2.76 bits per heavy atom. The molecule has 0 saturated carbocycles. The minimum atomic E-state index is 0.240. The van der Waals surface area contributed by atoms with Gasteiger partial charge < -0.3 is 14.8 Å². The average molecular weight is 400 g/mol. The molecule has 1 N–H and O–H groups in total. The first-order valence-electron chi connectivity index (χ1n) is 8.58. The number of ether oxygens (including phenoxy) is 2. The number of allylic oxidation sites excluding steroid dienone is 2. The summed E-state index contributed by atoms with van der Waals surface area (Å²) in [7, 11) is 3.35. The zero-order valence-corrected chi connectivity index (χ0v) is 16.3. The van der Waals surface area contributed by atoms with Gasteiger partial charge in [0.2, 0.25) is 0 Å². The normalized spacial score (nSPS) is 23.6. The summed E-state index contributed by atoms with van der Waals surface area (Å²) in [4.78, 5) is 0. The van der Waals surface area contributed by atoms with E-state index in [9.17, 15) is 0 Å². The van der Waals surface area contributed by atoms with Gasteiger partial charge in [0.1, 0.15) is 0 Å². The highest BCUT2D eigenvalue weighted by atomic mass is 79.9. The molecule has 3 atom stereocenters. The van der Waals surface area contributed by atoms with Gasteiger partial charge in [-0.15, -0.1) is 0 Å². The van der Waals surface area contributed by atoms with Crippen molar-refractivity contribution in [2.24, 2.45) is 5.92 Å². The summed E-state index contributed by atoms with van der Waals surface area (Å²) in [6.07, 6.45) is 5.77. The van der Waals surface area contributed by atoms with Crippen LogP contribution in [0, 0.1) is 12.8 Å². The molecular weight excluding hydrogens is 378 g/mol. The van der Waals surface area contributed by atoms with Crippen LogP contribution in [0.4, 0.5) is 5.69 Å². The van der Waals surface area contributed by atoms with Gasteiger partial charge in [0, 0.05) is 11.6 Å². The monoisotopic (exact) mass is 399 g/mol. The number of methoxy groups -OCH3 is 2. The molecule has 0 amide bonds. The number of para-hydroxylation sites is 1. The summed E-state index contributed by atoms with van der Waals surface area (Å²) in [6.45, 7) is 2.17. The summed E-state index contributed by atoms with van der Waals surface area (Å²) >= 11 is 3.64. The summed E-state index contributed by atoms with van der Waals surface area (Å²) in [5.74, 6) is 2.47. The van der Waals surface area contributed by atoms with E-state index in [0.29, 0.717) is 11.8 Å². The maximum atomic E-state index is 5.55. The lowest BCUT2D eigenvalue weighted by atomic mass is 9.76. The van der Waals surface area contributed by atoms with Crippen LogP contribution < -0.4 is 14.8 Å². The van der Waals surface area contributed by atoms with Gasteiger partial charge in [-0.1, -0.05) is 30.4 Å². The van der Waals surface area contributed by atoms with E-state index in [4.69, 9.17) is 9.47 Å². The quantitative estimate of drug-likeness (QED) is 0.681. The van der Waals surface area contributed by atoms with E-state index in [0.717, 1.165) is 22.4 Å². The smallest absolute Gasteiger partial charge is 0.174 e. The number of rotatable bonds is 3. The Morgan fingerprint density at radius 1 is 1.16 bits per heavy atom. The van der Waals surface area contributed by atoms with E-state index in [1.807, 2.05) is 0 Å². The number of nitrogens with one attached hydrogen (secondary N) is 1. The zero-order chi connectivity index (χ0) is 17.6. The first kappa shape index (κ1) is 16.5. The standard InChI is InChI=1S/C21H22BrNO2/c1-12-6-4-8-15-14-7-5-9-16(14)20(23-19(12)15)13-10-17(22)21(25-3)18(11-13)24-2/h4-8,10-11,14,16,20,23H,9H2,1-3H3/t14-,16+,20+/m0/s1. The minimum Gasteiger partial charge on any atom is -0.493 e. The molecule has 1 aliphatic heterocycles. The maximum absolute atomic E-state index is 5.55. The van der Waals surface area contributed by atoms with Crippen LogP contribution in [-0.2, 0) is 0 Å². The van der Waals surface area contributed by atoms with Crippen molar-refractivity contribution in [3.63, 3.8) is 0 Å². The van der Waals surface area contributed by atoms with E-state index in [-0.39, 0.29) is 6.04 Å². The SMILES string of the molecule is COc1cc([C@H]2Nc3c(C)cccc3[C@@H]3C=CC[C@@H]23)cc(Br)c1OC. The van der Waals surface area contributed by atoms with Crippen LogP contribution >= 0.6 is 15.9 Å². The molecule has 130 valence electrons. The lowest BCUT2D eigenvalue weighted by Crippen LogP contribution is -2.29. The predicted molar refractivity (Wildman–Crippen MR) is 105 cm³/mol. The molecule has 2 aromatic rings. The molecule has 1 aliphatic carbocycles. The molecule has 0 fully saturated rings. The first-order chi connectivity index (χ1) is 12.1. The fourth-order valence-corrected chi connectivity index (χ4v) is 4.85. The van der Waals surface area contributed by atoms with E-state index >= 15 is 0 Å². The number of aryl methyl sites for hydroxylation is 1. The largest absolute Gasteiger partial charge is 0.493 e. The van der Waals surface area contributed by atoms with Gasteiger partial charge in [-0.05, 0) is 64.0 Å². The second-order valence-electron chi connectivity index (χ2n) is 6.75. The molecule has 25 heavy (non-hydrogen) atoms. The third kappa shape index (κ3) is 2.63. The van der Waals surface area contributed by atoms with Crippen LogP contribution in [0.3, 0.4) is 0 Å². The van der Waals surface area contributed by atoms with E-state index in [1.54, 1.807) is 14.2 Å². The Bertz CT molecular complexity index is 846. The fraction of sp³-hybridized carbons (Fsp3) is 0.333. The Balaban J connectivity index is 1.82. The maximum Gasteiger partial charge on any atom is 0.174 e. The number of hydrogen-bond acceptors (Lipinski definition) is 3. The fourth-order valence-electron chi connectivity index (χ4n) is 4.23. The van der Waals surface area contributed by atoms with Crippen molar-refractivity contribution in [1.82, 2.24) is 0 Å². The van der Waals surface area contributed by atoms with Crippen molar-refractivity contribution in [2.75, 3.05) is 19.5 Å². The third-order valence-electron chi connectivity index (χ3n) is 5.42. The van der Waals surface area contributed by atoms with Gasteiger partial charge in [-0.25, -0.2) is 0 Å². The van der Waals surface area contributed by atoms with Crippen molar-refractivity contribution in [3.8, 4) is 11.5 Å². The van der Waals surface area contributed by atoms with Gasteiger partial charge in [-0.2, -0.15) is 0 Å². The summed E-state index contributed by atoms with van der Waals surface area (Å²) in [6, 6.07) is 11.1. The molecule has 0 saturated heterocycles. The first-order valence-corrected chi connectivity index (χ1v) is 9.37. The lowest BCUT2D eigenvalue weighted by molar-refractivity contribution is 0.351. The van der Waals surface area contributed by atoms with Crippen LogP contribution in [0.25, 0.3) is 0 Å². The van der Waals surface area contributed by atoms with Crippen LogP contribution in [0.15, 0.2) is 47.0 Å². The van der Waals surface area contributed by atoms with E-state index < -0.39 is 0 Å². The van der Waals surface area contributed by atoms with Crippen molar-refractivity contribution >= 4 is 21.6 Å². The minimum absolute atomic E-state index is 0.240. The summed E-state index contributed by atoms with van der Waals surface area (Å²) in [5, 5.41) is 3.81. The van der Waals surface area contributed by atoms with Crippen LogP contribution in [-0.4, -0.2) is 14.2 Å². The van der Waals surface area contributed by atoms with Gasteiger partial charge in [0.25, 0.3) is 0 Å². The van der Waals surface area contributed by atoms with Crippen molar-refractivity contribution in [2.45, 2.75) is 25.3 Å². The highest BCUT2D eigenvalue weighted by Crippen LogP contribution is 2.51. The Kier molecular flexibility index (Phi) is 4.24. The Hall–Kier alpha value is -1.94. The van der Waals surface area contributed by atoms with Gasteiger partial charge in [0.15, 0.2) is 11.5 Å². The Morgan fingerprint density at radius 2 is 2.00 bits per heavy atom. The molecule has 4 rings (SSSR count). The molecular formula is C21H22BrNO2. The molecule has 0 aromatic heterocycles. The van der Waals surface area contributed by atoms with Gasteiger partial charge >= 0.3 is 0 Å². The van der Waals surface area contributed by atoms with Crippen LogP contribution in [0.1, 0.15) is 35.1 Å². The van der Waals surface area contributed by atoms with E-state index in [2.05, 4.69) is 70.7 Å². The average Bonchev–Trinajstić information content (AvgIpc) is 3.10. The highest BCUT2D eigenvalue weighted by molar-refractivity contribution is 9.10. The number of benzene rings is 2. The van der Waals surface area contributed by atoms with Crippen LogP contribution in [0.2, 0.25) is 0 Å². The van der Waals surface area contributed by atoms with Crippen molar-refractivity contribution in [3.05, 3.63) is 63.6 Å². The topological polar surface area (TPSA) is 30.5 Å². The molecule has 0 spiro atoms. The molecule has 0 bridgehead atoms. The molecule has 1 heterocycles. The molecule has 3 nitrogen and oxygen atoms in total. The van der Waals surface area contributed by atoms with Gasteiger partial charge in [-0.3, -0.25) is 0 Å². The molecule has 2 aliphatic rings. The summed E-state index contributed by atoms with van der Waals surface area (Å²) < 4.78 is 11.9. The van der Waals surface area contributed by atoms with Crippen LogP contribution in [0.5, 0.6) is 11.5 Å². The highest BCUT2D eigenvalue weighted by Gasteiger charge is 2.38. The van der Waals surface area contributed by atoms with Crippen molar-refractivity contribution in [1.29, 1.82) is 0 Å². The second-order valence-corrected chi connectivity index (χ2v) is 7.61. The van der Waals surface area contributed by atoms with Crippen molar-refractivity contribution < 1.29 is 9.47 Å². The number of halogens is 1. The number of fused-ring (bicyclic) bond motifs is 3. The number of anilines is 1. The number of hydrogen-bond donors (Lipinski definition) is 1. The summed E-state index contributed by atoms with van der Waals surface area (Å²) in [5.41, 5.74) is 5.19. The lowest BCUT2D eigenvalue weighted by Gasteiger charge is -2.38. The van der Waals surface area contributed by atoms with Gasteiger partial charge in [0.05, 0.1) is 24.7 Å². The molecule has 0 radical (unpaired) electrons. The Labute approximate surface area is 157 Å². The molecule has 0 unspecified atom stereocenters. The predicted octanol–water partition coefficient (Wildman–Crippen LogP) is 5.60. The third-order valence-corrected chi connectivity index (χ3v) is 6.01. The zero-order valence-electron chi connectivity index (χ0n) is 14.7. The molecule has 4 heteroatoms. The second kappa shape index (κ2) is 6.41.